The second-order valence-corrected chi connectivity index (χ2v) is 9.39. The van der Waals surface area contributed by atoms with Crippen molar-refractivity contribution in [2.24, 2.45) is 0 Å². The first-order chi connectivity index (χ1) is 18.1. The molecule has 1 saturated heterocycles. The number of methoxy groups -OCH3 is 1. The van der Waals surface area contributed by atoms with E-state index in [1.54, 1.807) is 7.11 Å². The third kappa shape index (κ3) is 7.58. The molecule has 3 aromatic rings. The van der Waals surface area contributed by atoms with Gasteiger partial charge in [-0.15, -0.1) is 0 Å². The lowest BCUT2D eigenvalue weighted by Crippen LogP contribution is -2.47. The van der Waals surface area contributed by atoms with Crippen LogP contribution in [-0.4, -0.2) is 77.7 Å². The number of nitrogens with zero attached hydrogens (tertiary/aromatic N) is 4. The molecular weight excluding hydrogens is 488 g/mol. The lowest BCUT2D eigenvalue weighted by molar-refractivity contribution is 0.189. The van der Waals surface area contributed by atoms with Gasteiger partial charge in [0.1, 0.15) is 5.75 Å². The zero-order chi connectivity index (χ0) is 26.0. The van der Waals surface area contributed by atoms with Gasteiger partial charge in [0.05, 0.1) is 20.0 Å². The minimum absolute atomic E-state index is 0.212. The van der Waals surface area contributed by atoms with E-state index in [9.17, 15) is 0 Å². The molecule has 0 amide bonds. The van der Waals surface area contributed by atoms with Crippen molar-refractivity contribution >= 4 is 28.7 Å². The smallest absolute Gasteiger partial charge is 0.170 e. The van der Waals surface area contributed by atoms with Crippen molar-refractivity contribution < 1.29 is 14.6 Å². The third-order valence-corrected chi connectivity index (χ3v) is 6.67. The average Bonchev–Trinajstić information content (AvgIpc) is 3.33. The van der Waals surface area contributed by atoms with Crippen LogP contribution in [-0.2, 0) is 6.54 Å². The lowest BCUT2D eigenvalue weighted by atomic mass is 10.2. The maximum atomic E-state index is 9.13. The maximum Gasteiger partial charge on any atom is 0.170 e. The number of aromatic nitrogens is 2. The van der Waals surface area contributed by atoms with Gasteiger partial charge in [-0.3, -0.25) is 4.90 Å². The number of piperazine rings is 1. The average molecular weight is 525 g/mol. The van der Waals surface area contributed by atoms with Crippen LogP contribution in [0.15, 0.2) is 55.0 Å². The molecule has 2 aromatic carbocycles. The number of nitrogens with one attached hydrogen (secondary N) is 2. The zero-order valence-electron chi connectivity index (χ0n) is 21.5. The minimum Gasteiger partial charge on any atom is -0.493 e. The molecule has 0 spiro atoms. The van der Waals surface area contributed by atoms with Gasteiger partial charge in [0, 0.05) is 75.1 Å². The highest BCUT2D eigenvalue weighted by Gasteiger charge is 2.17. The van der Waals surface area contributed by atoms with Crippen molar-refractivity contribution in [3.63, 3.8) is 0 Å². The van der Waals surface area contributed by atoms with Gasteiger partial charge in [-0.25, -0.2) is 4.98 Å². The monoisotopic (exact) mass is 524 g/mol. The summed E-state index contributed by atoms with van der Waals surface area (Å²) in [5.41, 5.74) is 3.14. The highest BCUT2D eigenvalue weighted by molar-refractivity contribution is 7.80. The molecule has 1 fully saturated rings. The van der Waals surface area contributed by atoms with Crippen LogP contribution in [0.1, 0.15) is 12.1 Å². The Kier molecular flexibility index (Phi) is 9.58. The second-order valence-electron chi connectivity index (χ2n) is 8.98. The molecule has 0 unspecified atom stereocenters. The van der Waals surface area contributed by atoms with E-state index >= 15 is 0 Å². The van der Waals surface area contributed by atoms with Crippen LogP contribution < -0.4 is 25.0 Å². The number of aryl methyl sites for hydroxylation is 2. The molecule has 10 heteroatoms. The Morgan fingerprint density at radius 1 is 1.05 bits per heavy atom. The Morgan fingerprint density at radius 3 is 2.51 bits per heavy atom. The van der Waals surface area contributed by atoms with E-state index in [1.165, 1.54) is 5.69 Å². The summed E-state index contributed by atoms with van der Waals surface area (Å²) >= 11 is 5.45. The van der Waals surface area contributed by atoms with E-state index in [0.717, 1.165) is 69.4 Å². The molecule has 1 aliphatic rings. The van der Waals surface area contributed by atoms with Gasteiger partial charge in [-0.05, 0) is 62.0 Å². The summed E-state index contributed by atoms with van der Waals surface area (Å²) in [6.45, 7) is 8.47. The molecule has 1 aliphatic heterocycles. The quantitative estimate of drug-likeness (QED) is 0.258. The van der Waals surface area contributed by atoms with Crippen molar-refractivity contribution in [3.8, 4) is 17.2 Å². The van der Waals surface area contributed by atoms with E-state index in [1.807, 2.05) is 49.8 Å². The number of ether oxygens (including phenoxy) is 2. The van der Waals surface area contributed by atoms with Gasteiger partial charge in [-0.2, -0.15) is 0 Å². The molecule has 3 N–H and O–H groups in total. The van der Waals surface area contributed by atoms with Gasteiger partial charge in [0.2, 0.25) is 0 Å². The highest BCUT2D eigenvalue weighted by Crippen LogP contribution is 2.34. The number of aliphatic hydroxyl groups excluding tert-OH is 1. The van der Waals surface area contributed by atoms with Crippen molar-refractivity contribution in [2.45, 2.75) is 19.9 Å². The van der Waals surface area contributed by atoms with Crippen molar-refractivity contribution in [1.82, 2.24) is 19.8 Å². The summed E-state index contributed by atoms with van der Waals surface area (Å²) in [5, 5.41) is 16.1. The molecule has 1 aromatic heterocycles. The fourth-order valence-electron chi connectivity index (χ4n) is 4.30. The summed E-state index contributed by atoms with van der Waals surface area (Å²) in [7, 11) is 1.63. The molecule has 9 nitrogen and oxygen atoms in total. The van der Waals surface area contributed by atoms with E-state index in [-0.39, 0.29) is 6.61 Å². The number of β-amino-alcohol motifs (C(OH)–C–C–N with tert-alkyl or cyclic N) is 1. The van der Waals surface area contributed by atoms with Crippen molar-refractivity contribution in [3.05, 3.63) is 60.7 Å². The summed E-state index contributed by atoms with van der Waals surface area (Å²) in [6.07, 6.45) is 4.64. The Labute approximate surface area is 224 Å². The van der Waals surface area contributed by atoms with Gasteiger partial charge < -0.3 is 34.7 Å². The zero-order valence-corrected chi connectivity index (χ0v) is 22.3. The van der Waals surface area contributed by atoms with Crippen LogP contribution in [0.2, 0.25) is 0 Å². The van der Waals surface area contributed by atoms with Crippen molar-refractivity contribution in [1.29, 1.82) is 0 Å². The van der Waals surface area contributed by atoms with Crippen LogP contribution in [0.5, 0.6) is 17.2 Å². The van der Waals surface area contributed by atoms with Crippen LogP contribution >= 0.6 is 12.2 Å². The molecule has 0 aliphatic carbocycles. The number of thiocarbonyl (C=S) groups is 1. The van der Waals surface area contributed by atoms with Gasteiger partial charge in [0.15, 0.2) is 16.6 Å². The Hall–Kier alpha value is -3.34. The number of benzene rings is 2. The number of imidazole rings is 1. The Balaban J connectivity index is 1.26. The summed E-state index contributed by atoms with van der Waals surface area (Å²) in [4.78, 5) is 8.78. The largest absolute Gasteiger partial charge is 0.493 e. The fourth-order valence-corrected chi connectivity index (χ4v) is 4.52. The molecule has 2 heterocycles. The first kappa shape index (κ1) is 26.7. The Morgan fingerprint density at radius 2 is 1.84 bits per heavy atom. The van der Waals surface area contributed by atoms with E-state index in [2.05, 4.69) is 42.1 Å². The minimum atomic E-state index is 0.212. The van der Waals surface area contributed by atoms with Crippen LogP contribution in [0.25, 0.3) is 0 Å². The van der Waals surface area contributed by atoms with Gasteiger partial charge >= 0.3 is 0 Å². The molecule has 0 atom stereocenters. The number of hydrogen-bond acceptors (Lipinski definition) is 7. The van der Waals surface area contributed by atoms with E-state index < -0.39 is 0 Å². The molecule has 0 radical (unpaired) electrons. The van der Waals surface area contributed by atoms with E-state index in [4.69, 9.17) is 26.8 Å². The van der Waals surface area contributed by atoms with Crippen molar-refractivity contribution in [2.75, 3.05) is 63.2 Å². The topological polar surface area (TPSA) is 87.1 Å². The summed E-state index contributed by atoms with van der Waals surface area (Å²) in [6, 6.07) is 13.8. The Bertz CT molecular complexity index is 1150. The SMILES string of the molecule is COc1cc(NC(=S)NCCCn2cncc2C)ccc1Oc1ccc(N2CCN(CCO)CC2)cc1. The number of rotatable bonds is 11. The maximum absolute atomic E-state index is 9.13. The third-order valence-electron chi connectivity index (χ3n) is 6.42. The molecule has 198 valence electrons. The molecule has 0 bridgehead atoms. The fraction of sp³-hybridized carbons (Fsp3) is 0.407. The summed E-state index contributed by atoms with van der Waals surface area (Å²) in [5.74, 6) is 1.99. The highest BCUT2D eigenvalue weighted by atomic mass is 32.1. The lowest BCUT2D eigenvalue weighted by Gasteiger charge is -2.35. The predicted octanol–water partition coefficient (Wildman–Crippen LogP) is 3.48. The van der Waals surface area contributed by atoms with E-state index in [0.29, 0.717) is 16.6 Å². The number of anilines is 2. The first-order valence-electron chi connectivity index (χ1n) is 12.6. The molecular formula is C27H36N6O3S. The normalized spacial score (nSPS) is 13.9. The molecule has 37 heavy (non-hydrogen) atoms. The summed E-state index contributed by atoms with van der Waals surface area (Å²) < 4.78 is 13.8. The molecule has 4 rings (SSSR count). The van der Waals surface area contributed by atoms with Gasteiger partial charge in [-0.1, -0.05) is 0 Å². The standard InChI is InChI=1S/C27H36N6O3S/c1-21-19-28-20-33(21)11-3-10-29-27(37)30-22-4-9-25(26(18-22)35-2)36-24-7-5-23(6-8-24)32-14-12-31(13-15-32)16-17-34/h4-9,18-20,34H,3,10-17H2,1-2H3,(H2,29,30,37). The first-order valence-corrected chi connectivity index (χ1v) is 13.0. The number of hydrogen-bond donors (Lipinski definition) is 3. The second kappa shape index (κ2) is 13.3. The van der Waals surface area contributed by atoms with Crippen LogP contribution in [0.4, 0.5) is 11.4 Å². The molecule has 0 saturated carbocycles. The number of aliphatic hydroxyl groups is 1. The van der Waals surface area contributed by atoms with Crippen LogP contribution in [0.3, 0.4) is 0 Å². The van der Waals surface area contributed by atoms with Crippen LogP contribution in [0, 0.1) is 6.92 Å². The van der Waals surface area contributed by atoms with Gasteiger partial charge in [0.25, 0.3) is 0 Å². The predicted molar refractivity (Wildman–Crippen MR) is 151 cm³/mol.